The summed E-state index contributed by atoms with van der Waals surface area (Å²) < 4.78 is 66.6. The van der Waals surface area contributed by atoms with Crippen molar-refractivity contribution in [2.75, 3.05) is 0 Å². The van der Waals surface area contributed by atoms with Gasteiger partial charge >= 0.3 is 12.1 Å². The van der Waals surface area contributed by atoms with Gasteiger partial charge in [0.05, 0.1) is 23.1 Å². The molecule has 0 aliphatic heterocycles. The Morgan fingerprint density at radius 2 is 1.86 bits per heavy atom. The van der Waals surface area contributed by atoms with Gasteiger partial charge in [0.2, 0.25) is 5.88 Å². The highest BCUT2D eigenvalue weighted by atomic mass is 19.4. The number of halogens is 5. The normalized spacial score (nSPS) is 11.2. The van der Waals surface area contributed by atoms with E-state index in [1.165, 1.54) is 12.1 Å². The maximum absolute atomic E-state index is 14.1. The van der Waals surface area contributed by atoms with Gasteiger partial charge < -0.3 is 15.6 Å². The van der Waals surface area contributed by atoms with Gasteiger partial charge in [-0.3, -0.25) is 4.68 Å². The number of rotatable bonds is 5. The van der Waals surface area contributed by atoms with Crippen molar-refractivity contribution in [2.24, 2.45) is 5.73 Å². The van der Waals surface area contributed by atoms with Crippen LogP contribution in [-0.2, 0) is 17.9 Å². The molecule has 2 aromatic heterocycles. The molecule has 2 heterocycles. The summed E-state index contributed by atoms with van der Waals surface area (Å²) >= 11 is 0. The number of nitrogens with two attached hydrogens (primary N) is 1. The predicted molar refractivity (Wildman–Crippen MR) is 116 cm³/mol. The van der Waals surface area contributed by atoms with Crippen molar-refractivity contribution in [1.29, 1.82) is 0 Å². The van der Waals surface area contributed by atoms with E-state index in [9.17, 15) is 22.0 Å². The first-order valence-corrected chi connectivity index (χ1v) is 10.0. The molecule has 7 nitrogen and oxygen atoms in total. The first-order valence-electron chi connectivity index (χ1n) is 10.0. The van der Waals surface area contributed by atoms with Crippen molar-refractivity contribution < 1.29 is 36.6 Å². The number of aromatic nitrogens is 3. The molecule has 0 saturated carbocycles. The lowest BCUT2D eigenvalue weighted by molar-refractivity contribution is -0.192. The molecule has 0 unspecified atom stereocenters. The van der Waals surface area contributed by atoms with Crippen LogP contribution in [0.4, 0.5) is 22.0 Å². The van der Waals surface area contributed by atoms with Gasteiger partial charge in [-0.05, 0) is 36.8 Å². The Bertz CT molecular complexity index is 1350. The van der Waals surface area contributed by atoms with E-state index in [4.69, 9.17) is 20.4 Å². The van der Waals surface area contributed by atoms with E-state index in [-0.39, 0.29) is 6.54 Å². The highest BCUT2D eigenvalue weighted by Crippen LogP contribution is 2.32. The van der Waals surface area contributed by atoms with Gasteiger partial charge in [-0.1, -0.05) is 12.1 Å². The number of hydrogen-bond acceptors (Lipinski definition) is 5. The Kier molecular flexibility index (Phi) is 7.65. The summed E-state index contributed by atoms with van der Waals surface area (Å²) in [5.41, 5.74) is 8.47. The first-order chi connectivity index (χ1) is 16.5. The highest BCUT2D eigenvalue weighted by Gasteiger charge is 2.38. The molecule has 4 rings (SSSR count). The lowest BCUT2D eigenvalue weighted by Gasteiger charge is -2.08. The Hall–Kier alpha value is -4.06. The van der Waals surface area contributed by atoms with Crippen molar-refractivity contribution in [3.63, 3.8) is 0 Å². The van der Waals surface area contributed by atoms with Crippen molar-refractivity contribution in [3.05, 3.63) is 83.2 Å². The number of aliphatic carboxylic acids is 1. The van der Waals surface area contributed by atoms with Crippen LogP contribution >= 0.6 is 0 Å². The van der Waals surface area contributed by atoms with Crippen molar-refractivity contribution in [2.45, 2.75) is 26.2 Å². The van der Waals surface area contributed by atoms with E-state index in [0.717, 1.165) is 28.2 Å². The fourth-order valence-corrected chi connectivity index (χ4v) is 3.15. The second kappa shape index (κ2) is 10.5. The number of hydrogen-bond donors (Lipinski definition) is 2. The molecule has 184 valence electrons. The number of alkyl halides is 3. The molecule has 2 aromatic carbocycles. The summed E-state index contributed by atoms with van der Waals surface area (Å²) in [6, 6.07) is 12.7. The molecule has 35 heavy (non-hydrogen) atoms. The SMILES string of the molecule is Cc1nn(Cc2ccc(F)cc2F)c2cccc(Oc3cc(CN)ccn3)c12.O=C(O)C(F)(F)F. The quantitative estimate of drug-likeness (QED) is 0.381. The molecule has 12 heteroatoms. The molecule has 0 amide bonds. The van der Waals surface area contributed by atoms with Gasteiger partial charge in [0.1, 0.15) is 17.4 Å². The number of aryl methyl sites for hydroxylation is 1. The number of benzene rings is 2. The van der Waals surface area contributed by atoms with E-state index in [0.29, 0.717) is 23.7 Å². The Morgan fingerprint density at radius 3 is 2.49 bits per heavy atom. The molecule has 0 spiro atoms. The molecule has 4 aromatic rings. The zero-order valence-electron chi connectivity index (χ0n) is 18.2. The van der Waals surface area contributed by atoms with Gasteiger partial charge in [-0.2, -0.15) is 18.3 Å². The van der Waals surface area contributed by atoms with Crippen LogP contribution in [0.2, 0.25) is 0 Å². The fraction of sp³-hybridized carbons (Fsp3) is 0.174. The predicted octanol–water partition coefficient (Wildman–Crippen LogP) is 4.95. The minimum Gasteiger partial charge on any atom is -0.475 e. The van der Waals surface area contributed by atoms with E-state index >= 15 is 0 Å². The van der Waals surface area contributed by atoms with Crippen LogP contribution in [-0.4, -0.2) is 32.0 Å². The van der Waals surface area contributed by atoms with E-state index in [1.54, 1.807) is 16.9 Å². The van der Waals surface area contributed by atoms with Crippen LogP contribution in [0, 0.1) is 18.6 Å². The summed E-state index contributed by atoms with van der Waals surface area (Å²) in [5, 5.41) is 12.5. The smallest absolute Gasteiger partial charge is 0.475 e. The van der Waals surface area contributed by atoms with E-state index < -0.39 is 23.8 Å². The lowest BCUT2D eigenvalue weighted by Crippen LogP contribution is -2.21. The average molecular weight is 494 g/mol. The third kappa shape index (κ3) is 6.29. The number of pyridine rings is 1. The molecule has 0 atom stereocenters. The average Bonchev–Trinajstić information content (AvgIpc) is 3.12. The molecule has 0 radical (unpaired) electrons. The van der Waals surface area contributed by atoms with Crippen molar-refractivity contribution in [3.8, 4) is 11.6 Å². The third-order valence-electron chi connectivity index (χ3n) is 4.74. The zero-order valence-corrected chi connectivity index (χ0v) is 18.2. The lowest BCUT2D eigenvalue weighted by atomic mass is 10.2. The molecular weight excluding hydrogens is 475 g/mol. The topological polar surface area (TPSA) is 103 Å². The van der Waals surface area contributed by atoms with Crippen LogP contribution in [0.3, 0.4) is 0 Å². The molecule has 0 fully saturated rings. The highest BCUT2D eigenvalue weighted by molar-refractivity contribution is 5.88. The molecule has 3 N–H and O–H groups in total. The molecule has 0 aliphatic rings. The maximum atomic E-state index is 14.1. The fourth-order valence-electron chi connectivity index (χ4n) is 3.15. The van der Waals surface area contributed by atoms with Gasteiger partial charge in [-0.25, -0.2) is 18.6 Å². The maximum Gasteiger partial charge on any atom is 0.490 e. The standard InChI is InChI=1S/C21H18F2N4O.C2HF3O2/c1-13-21-18(27(26-13)12-15-5-6-16(22)10-17(15)23)3-2-4-19(21)28-20-9-14(11-24)7-8-25-20;3-2(4,5)1(6)7/h2-10H,11-12,24H2,1H3;(H,6,7). The van der Waals surface area contributed by atoms with Crippen LogP contribution in [0.5, 0.6) is 11.6 Å². The summed E-state index contributed by atoms with van der Waals surface area (Å²) in [7, 11) is 0. The van der Waals surface area contributed by atoms with Crippen molar-refractivity contribution in [1.82, 2.24) is 14.8 Å². The molecule has 0 aliphatic carbocycles. The van der Waals surface area contributed by atoms with Gasteiger partial charge in [0.25, 0.3) is 0 Å². The number of fused-ring (bicyclic) bond motifs is 1. The first kappa shape index (κ1) is 25.6. The number of carbonyl (C=O) groups is 1. The van der Waals surface area contributed by atoms with Crippen molar-refractivity contribution >= 4 is 16.9 Å². The molecule has 0 bridgehead atoms. The van der Waals surface area contributed by atoms with E-state index in [2.05, 4.69) is 10.1 Å². The summed E-state index contributed by atoms with van der Waals surface area (Å²) in [5.74, 6) is -2.93. The Labute approximate surface area is 195 Å². The summed E-state index contributed by atoms with van der Waals surface area (Å²) in [6.07, 6.45) is -3.44. The number of nitrogens with zero attached hydrogens (tertiary/aromatic N) is 3. The number of carboxylic acids is 1. The van der Waals surface area contributed by atoms with Crippen LogP contribution in [0.1, 0.15) is 16.8 Å². The van der Waals surface area contributed by atoms with E-state index in [1.807, 2.05) is 31.2 Å². The zero-order chi connectivity index (χ0) is 25.8. The van der Waals surface area contributed by atoms with Gasteiger partial charge in [0.15, 0.2) is 0 Å². The second-order valence-corrected chi connectivity index (χ2v) is 7.24. The van der Waals surface area contributed by atoms with Gasteiger partial charge in [-0.15, -0.1) is 0 Å². The summed E-state index contributed by atoms with van der Waals surface area (Å²) in [4.78, 5) is 13.1. The number of carboxylic acid groups (broad SMARTS) is 1. The molecule has 0 saturated heterocycles. The minimum atomic E-state index is -5.08. The molecular formula is C23H19F5N4O3. The monoisotopic (exact) mass is 494 g/mol. The van der Waals surface area contributed by atoms with Crippen LogP contribution in [0.25, 0.3) is 10.9 Å². The number of ether oxygens (including phenoxy) is 1. The Balaban J connectivity index is 0.000000429. The largest absolute Gasteiger partial charge is 0.490 e. The Morgan fingerprint density at radius 1 is 1.14 bits per heavy atom. The van der Waals surface area contributed by atoms with Crippen LogP contribution < -0.4 is 10.5 Å². The van der Waals surface area contributed by atoms with Crippen LogP contribution in [0.15, 0.2) is 54.7 Å². The third-order valence-corrected chi connectivity index (χ3v) is 4.74. The summed E-state index contributed by atoms with van der Waals surface area (Å²) in [6.45, 7) is 2.43. The second-order valence-electron chi connectivity index (χ2n) is 7.24. The minimum absolute atomic E-state index is 0.181. The van der Waals surface area contributed by atoms with Gasteiger partial charge in [0, 0.05) is 30.4 Å².